The summed E-state index contributed by atoms with van der Waals surface area (Å²) in [7, 11) is 1.40. The number of aryl methyl sites for hydroxylation is 1. The van der Waals surface area contributed by atoms with E-state index in [4.69, 9.17) is 17.0 Å². The van der Waals surface area contributed by atoms with Gasteiger partial charge in [0.2, 0.25) is 0 Å². The maximum absolute atomic E-state index is 11.9. The lowest BCUT2D eigenvalue weighted by molar-refractivity contribution is 0.0601. The van der Waals surface area contributed by atoms with Crippen LogP contribution in [-0.2, 0) is 11.2 Å². The number of ether oxygens (including phenoxy) is 1. The van der Waals surface area contributed by atoms with Crippen LogP contribution in [0, 0.1) is 6.92 Å². The molecule has 1 fully saturated rings. The molecule has 0 atom stereocenters. The summed E-state index contributed by atoms with van der Waals surface area (Å²) in [6.07, 6.45) is 3.13. The number of carbonyl (C=O) groups is 1. The van der Waals surface area contributed by atoms with Crippen LogP contribution < -0.4 is 10.6 Å². The molecule has 0 aromatic carbocycles. The van der Waals surface area contributed by atoms with E-state index in [1.807, 2.05) is 13.8 Å². The molecule has 0 amide bonds. The predicted molar refractivity (Wildman–Crippen MR) is 82.2 cm³/mol. The normalized spacial score (nSPS) is 14.1. The zero-order chi connectivity index (χ0) is 14.0. The van der Waals surface area contributed by atoms with Crippen molar-refractivity contribution in [3.05, 3.63) is 16.0 Å². The number of methoxy groups -OCH3 is 1. The molecule has 4 nitrogen and oxygen atoms in total. The van der Waals surface area contributed by atoms with E-state index >= 15 is 0 Å². The first-order chi connectivity index (χ1) is 9.06. The van der Waals surface area contributed by atoms with Crippen LogP contribution in [0.2, 0.25) is 0 Å². The minimum Gasteiger partial charge on any atom is -0.465 e. The van der Waals surface area contributed by atoms with Crippen molar-refractivity contribution in [3.8, 4) is 0 Å². The van der Waals surface area contributed by atoms with Gasteiger partial charge in [0.05, 0.1) is 12.7 Å². The van der Waals surface area contributed by atoms with Crippen molar-refractivity contribution in [2.24, 2.45) is 0 Å². The van der Waals surface area contributed by atoms with Gasteiger partial charge in [0, 0.05) is 10.9 Å². The fraction of sp³-hybridized carbons (Fsp3) is 0.538. The molecule has 0 saturated heterocycles. The fourth-order valence-electron chi connectivity index (χ4n) is 1.96. The molecule has 2 rings (SSSR count). The van der Waals surface area contributed by atoms with Crippen LogP contribution in [0.15, 0.2) is 0 Å². The summed E-state index contributed by atoms with van der Waals surface area (Å²) in [5.74, 6) is -0.307. The van der Waals surface area contributed by atoms with Crippen molar-refractivity contribution in [2.75, 3.05) is 12.4 Å². The van der Waals surface area contributed by atoms with Gasteiger partial charge in [-0.1, -0.05) is 6.92 Å². The third kappa shape index (κ3) is 3.25. The number of carbonyl (C=O) groups excluding carboxylic acids is 1. The summed E-state index contributed by atoms with van der Waals surface area (Å²) in [6, 6.07) is 0.494. The van der Waals surface area contributed by atoms with E-state index in [1.54, 1.807) is 11.3 Å². The highest BCUT2D eigenvalue weighted by atomic mass is 32.1. The standard InChI is InChI=1S/C13H18N2O2S2/c1-4-9-7(2)19-11(10(9)12(16)17-3)15-13(18)14-8-5-6-8/h8H,4-6H2,1-3H3,(H2,14,15,18). The van der Waals surface area contributed by atoms with E-state index in [0.717, 1.165) is 34.7 Å². The SMILES string of the molecule is CCc1c(C)sc(NC(=S)NC2CC2)c1C(=O)OC. The molecule has 1 saturated carbocycles. The maximum atomic E-state index is 11.9. The van der Waals surface area contributed by atoms with Crippen LogP contribution >= 0.6 is 23.6 Å². The molecule has 6 heteroatoms. The number of thiocarbonyl (C=S) groups is 1. The number of thiophene rings is 1. The average molecular weight is 298 g/mol. The second-order valence-electron chi connectivity index (χ2n) is 4.56. The summed E-state index contributed by atoms with van der Waals surface area (Å²) in [5, 5.41) is 7.70. The van der Waals surface area contributed by atoms with E-state index in [0.29, 0.717) is 16.7 Å². The molecule has 0 radical (unpaired) electrons. The van der Waals surface area contributed by atoms with Gasteiger partial charge < -0.3 is 15.4 Å². The van der Waals surface area contributed by atoms with Crippen LogP contribution in [-0.4, -0.2) is 24.2 Å². The minimum absolute atomic E-state index is 0.307. The van der Waals surface area contributed by atoms with Gasteiger partial charge in [0.1, 0.15) is 5.00 Å². The van der Waals surface area contributed by atoms with Gasteiger partial charge in [-0.15, -0.1) is 11.3 Å². The molecule has 0 unspecified atom stereocenters. The quantitative estimate of drug-likeness (QED) is 0.661. The first-order valence-corrected chi connectivity index (χ1v) is 7.57. The molecule has 19 heavy (non-hydrogen) atoms. The Labute approximate surface area is 122 Å². The molecule has 1 aromatic heterocycles. The molecular weight excluding hydrogens is 280 g/mol. The Hall–Kier alpha value is -1.14. The number of rotatable bonds is 4. The molecule has 1 aliphatic carbocycles. The van der Waals surface area contributed by atoms with Gasteiger partial charge >= 0.3 is 5.97 Å². The van der Waals surface area contributed by atoms with Crippen LogP contribution in [0.25, 0.3) is 0 Å². The lowest BCUT2D eigenvalue weighted by atomic mass is 10.1. The second-order valence-corrected chi connectivity index (χ2v) is 6.19. The minimum atomic E-state index is -0.307. The number of esters is 1. The third-order valence-electron chi connectivity index (χ3n) is 3.09. The lowest BCUT2D eigenvalue weighted by Gasteiger charge is -2.10. The Morgan fingerprint density at radius 1 is 1.53 bits per heavy atom. The Morgan fingerprint density at radius 3 is 2.74 bits per heavy atom. The van der Waals surface area contributed by atoms with E-state index in [1.165, 1.54) is 7.11 Å². The predicted octanol–water partition coefficient (Wildman–Crippen LogP) is 2.85. The Kier molecular flexibility index (Phi) is 4.42. The third-order valence-corrected chi connectivity index (χ3v) is 4.37. The molecule has 1 aliphatic rings. The molecule has 1 heterocycles. The molecular formula is C13H18N2O2S2. The second kappa shape index (κ2) is 5.88. The molecule has 1 aromatic rings. The molecule has 0 spiro atoms. The van der Waals surface area contributed by atoms with Gasteiger partial charge in [-0.25, -0.2) is 4.79 Å². The van der Waals surface area contributed by atoms with E-state index in [2.05, 4.69) is 10.6 Å². The summed E-state index contributed by atoms with van der Waals surface area (Å²) in [5.41, 5.74) is 1.65. The topological polar surface area (TPSA) is 50.4 Å². The summed E-state index contributed by atoms with van der Waals surface area (Å²) in [6.45, 7) is 4.05. The lowest BCUT2D eigenvalue weighted by Crippen LogP contribution is -2.30. The van der Waals surface area contributed by atoms with E-state index in [9.17, 15) is 4.79 Å². The van der Waals surface area contributed by atoms with Crippen molar-refractivity contribution in [2.45, 2.75) is 39.2 Å². The average Bonchev–Trinajstić information content (AvgIpc) is 3.11. The van der Waals surface area contributed by atoms with E-state index < -0.39 is 0 Å². The zero-order valence-corrected chi connectivity index (χ0v) is 13.0. The first-order valence-electron chi connectivity index (χ1n) is 6.34. The first kappa shape index (κ1) is 14.3. The van der Waals surface area contributed by atoms with Crippen LogP contribution in [0.5, 0.6) is 0 Å². The van der Waals surface area contributed by atoms with Crippen LogP contribution in [0.4, 0.5) is 5.00 Å². The van der Waals surface area contributed by atoms with Crippen molar-refractivity contribution in [3.63, 3.8) is 0 Å². The van der Waals surface area contributed by atoms with Crippen molar-refractivity contribution < 1.29 is 9.53 Å². The van der Waals surface area contributed by atoms with Crippen molar-refractivity contribution in [1.29, 1.82) is 0 Å². The molecule has 2 N–H and O–H groups in total. The van der Waals surface area contributed by atoms with Gasteiger partial charge in [-0.2, -0.15) is 0 Å². The molecule has 104 valence electrons. The largest absolute Gasteiger partial charge is 0.465 e. The maximum Gasteiger partial charge on any atom is 0.341 e. The Morgan fingerprint density at radius 2 is 2.21 bits per heavy atom. The van der Waals surface area contributed by atoms with Crippen LogP contribution in [0.3, 0.4) is 0 Å². The number of nitrogens with one attached hydrogen (secondary N) is 2. The van der Waals surface area contributed by atoms with Crippen LogP contribution in [0.1, 0.15) is 40.6 Å². The molecule has 0 bridgehead atoms. The Balaban J connectivity index is 2.22. The van der Waals surface area contributed by atoms with Gasteiger partial charge in [0.25, 0.3) is 0 Å². The van der Waals surface area contributed by atoms with Gasteiger partial charge in [-0.05, 0) is 44.0 Å². The fourth-order valence-corrected chi connectivity index (χ4v) is 3.43. The van der Waals surface area contributed by atoms with E-state index in [-0.39, 0.29) is 5.97 Å². The van der Waals surface area contributed by atoms with Crippen molar-refractivity contribution in [1.82, 2.24) is 5.32 Å². The number of hydrogen-bond acceptors (Lipinski definition) is 4. The summed E-state index contributed by atoms with van der Waals surface area (Å²) < 4.78 is 4.87. The van der Waals surface area contributed by atoms with Crippen molar-refractivity contribution >= 4 is 39.6 Å². The zero-order valence-electron chi connectivity index (χ0n) is 11.3. The summed E-state index contributed by atoms with van der Waals surface area (Å²) in [4.78, 5) is 13.0. The number of anilines is 1. The highest BCUT2D eigenvalue weighted by Gasteiger charge is 2.25. The Bertz CT molecular complexity index is 507. The molecule has 0 aliphatic heterocycles. The van der Waals surface area contributed by atoms with Gasteiger partial charge in [-0.3, -0.25) is 0 Å². The monoisotopic (exact) mass is 298 g/mol. The smallest absolute Gasteiger partial charge is 0.341 e. The number of hydrogen-bond donors (Lipinski definition) is 2. The highest BCUT2D eigenvalue weighted by molar-refractivity contribution is 7.80. The highest BCUT2D eigenvalue weighted by Crippen LogP contribution is 2.34. The summed E-state index contributed by atoms with van der Waals surface area (Å²) >= 11 is 6.80. The van der Waals surface area contributed by atoms with Gasteiger partial charge in [0.15, 0.2) is 5.11 Å².